The van der Waals surface area contributed by atoms with Gasteiger partial charge in [0.2, 0.25) is 0 Å². The van der Waals surface area contributed by atoms with Crippen LogP contribution in [0.2, 0.25) is 5.02 Å². The molecular formula is C18H21ClO. The van der Waals surface area contributed by atoms with Gasteiger partial charge in [0.1, 0.15) is 0 Å². The molecule has 0 saturated heterocycles. The first-order valence-corrected chi connectivity index (χ1v) is 7.49. The summed E-state index contributed by atoms with van der Waals surface area (Å²) in [6, 6.07) is 17.7. The van der Waals surface area contributed by atoms with E-state index in [1.165, 1.54) is 5.56 Å². The lowest BCUT2D eigenvalue weighted by Crippen LogP contribution is -2.18. The molecule has 2 heteroatoms. The quantitative estimate of drug-likeness (QED) is 0.801. The van der Waals surface area contributed by atoms with E-state index in [9.17, 15) is 5.11 Å². The minimum Gasteiger partial charge on any atom is -0.388 e. The summed E-state index contributed by atoms with van der Waals surface area (Å²) in [6.07, 6.45) is 0.522. The van der Waals surface area contributed by atoms with E-state index in [4.69, 9.17) is 11.6 Å². The van der Waals surface area contributed by atoms with Gasteiger partial charge >= 0.3 is 0 Å². The lowest BCUT2D eigenvalue weighted by molar-refractivity contribution is 0.118. The van der Waals surface area contributed by atoms with Crippen LogP contribution in [0, 0.1) is 5.92 Å². The van der Waals surface area contributed by atoms with Crippen LogP contribution in [0.25, 0.3) is 0 Å². The summed E-state index contributed by atoms with van der Waals surface area (Å²) >= 11 is 5.92. The number of aliphatic hydroxyl groups excluding tert-OH is 1. The second kappa shape index (κ2) is 6.92. The van der Waals surface area contributed by atoms with Gasteiger partial charge in [0.15, 0.2) is 0 Å². The van der Waals surface area contributed by atoms with E-state index in [0.29, 0.717) is 10.9 Å². The molecule has 2 rings (SSSR count). The monoisotopic (exact) mass is 288 g/mol. The van der Waals surface area contributed by atoms with Crippen molar-refractivity contribution in [3.63, 3.8) is 0 Å². The second-order valence-electron chi connectivity index (χ2n) is 5.32. The highest BCUT2D eigenvalue weighted by atomic mass is 35.5. The molecule has 20 heavy (non-hydrogen) atoms. The Kier molecular flexibility index (Phi) is 5.22. The van der Waals surface area contributed by atoms with Crippen molar-refractivity contribution in [3.05, 3.63) is 70.7 Å². The highest BCUT2D eigenvalue weighted by molar-refractivity contribution is 6.30. The van der Waals surface area contributed by atoms with Crippen molar-refractivity contribution in [3.8, 4) is 0 Å². The van der Waals surface area contributed by atoms with Crippen LogP contribution in [0.3, 0.4) is 0 Å². The van der Waals surface area contributed by atoms with E-state index < -0.39 is 6.10 Å². The molecule has 0 aromatic heterocycles. The molecule has 3 atom stereocenters. The van der Waals surface area contributed by atoms with E-state index in [0.717, 1.165) is 12.0 Å². The minimum atomic E-state index is -0.510. The first-order chi connectivity index (χ1) is 9.63. The van der Waals surface area contributed by atoms with E-state index in [1.54, 1.807) is 0 Å². The highest BCUT2D eigenvalue weighted by Crippen LogP contribution is 2.38. The lowest BCUT2D eigenvalue weighted by Gasteiger charge is -2.29. The van der Waals surface area contributed by atoms with Crippen molar-refractivity contribution in [1.82, 2.24) is 0 Å². The van der Waals surface area contributed by atoms with Crippen molar-refractivity contribution in [1.29, 1.82) is 0 Å². The molecule has 2 aromatic carbocycles. The van der Waals surface area contributed by atoms with Crippen LogP contribution in [0.4, 0.5) is 0 Å². The molecule has 0 heterocycles. The Morgan fingerprint density at radius 2 is 1.55 bits per heavy atom. The average Bonchev–Trinajstić information content (AvgIpc) is 2.49. The number of hydrogen-bond acceptors (Lipinski definition) is 1. The predicted molar refractivity (Wildman–Crippen MR) is 85.0 cm³/mol. The molecule has 0 bridgehead atoms. The molecule has 1 N–H and O–H groups in total. The average molecular weight is 289 g/mol. The van der Waals surface area contributed by atoms with Crippen molar-refractivity contribution < 1.29 is 5.11 Å². The second-order valence-corrected chi connectivity index (χ2v) is 5.75. The fraction of sp³-hybridized carbons (Fsp3) is 0.333. The Morgan fingerprint density at radius 3 is 2.10 bits per heavy atom. The molecule has 0 saturated carbocycles. The molecule has 0 aliphatic heterocycles. The van der Waals surface area contributed by atoms with Gasteiger partial charge in [-0.1, -0.05) is 74.3 Å². The fourth-order valence-electron chi connectivity index (χ4n) is 2.62. The number of rotatable bonds is 5. The number of hydrogen-bond donors (Lipinski definition) is 1. The van der Waals surface area contributed by atoms with Crippen LogP contribution in [0.1, 0.15) is 43.4 Å². The summed E-state index contributed by atoms with van der Waals surface area (Å²) in [7, 11) is 0. The van der Waals surface area contributed by atoms with Crippen LogP contribution in [0.15, 0.2) is 54.6 Å². The maximum Gasteiger partial charge on any atom is 0.0861 e. The summed E-state index contributed by atoms with van der Waals surface area (Å²) in [6.45, 7) is 4.35. The zero-order chi connectivity index (χ0) is 14.5. The zero-order valence-electron chi connectivity index (χ0n) is 12.0. The molecule has 0 spiro atoms. The van der Waals surface area contributed by atoms with Gasteiger partial charge in [-0.25, -0.2) is 0 Å². The number of benzene rings is 2. The minimum absolute atomic E-state index is 0.0994. The van der Waals surface area contributed by atoms with Crippen LogP contribution < -0.4 is 0 Å². The Balaban J connectivity index is 2.34. The van der Waals surface area contributed by atoms with Crippen LogP contribution in [0.5, 0.6) is 0 Å². The topological polar surface area (TPSA) is 20.2 Å². The van der Waals surface area contributed by atoms with Gasteiger partial charge in [-0.3, -0.25) is 0 Å². The van der Waals surface area contributed by atoms with Crippen LogP contribution in [-0.4, -0.2) is 5.11 Å². The van der Waals surface area contributed by atoms with Crippen molar-refractivity contribution in [2.24, 2.45) is 5.92 Å². The third-order valence-electron chi connectivity index (χ3n) is 3.99. The van der Waals surface area contributed by atoms with E-state index in [2.05, 4.69) is 26.0 Å². The SMILES string of the molecule is CCC(C)C(c1ccccc1)C(O)c1ccc(Cl)cc1. The van der Waals surface area contributed by atoms with Gasteiger partial charge in [-0.15, -0.1) is 0 Å². The molecule has 0 aliphatic rings. The van der Waals surface area contributed by atoms with Gasteiger partial charge in [-0.05, 0) is 29.2 Å². The maximum atomic E-state index is 10.8. The first kappa shape index (κ1) is 15.1. The Morgan fingerprint density at radius 1 is 0.950 bits per heavy atom. The zero-order valence-corrected chi connectivity index (χ0v) is 12.7. The summed E-state index contributed by atoms with van der Waals surface area (Å²) in [5.74, 6) is 0.505. The summed E-state index contributed by atoms with van der Waals surface area (Å²) in [5, 5.41) is 11.5. The van der Waals surface area contributed by atoms with E-state index in [-0.39, 0.29) is 5.92 Å². The van der Waals surface area contributed by atoms with Crippen molar-refractivity contribution >= 4 is 11.6 Å². The predicted octanol–water partition coefficient (Wildman–Crippen LogP) is 5.20. The molecule has 2 aromatic rings. The van der Waals surface area contributed by atoms with Gasteiger partial charge in [0, 0.05) is 10.9 Å². The first-order valence-electron chi connectivity index (χ1n) is 7.12. The number of aliphatic hydroxyl groups is 1. The standard InChI is InChI=1S/C18H21ClO/c1-3-13(2)17(14-7-5-4-6-8-14)18(20)15-9-11-16(19)12-10-15/h4-13,17-18,20H,3H2,1-2H3. The third kappa shape index (κ3) is 3.41. The Labute approximate surface area is 126 Å². The molecule has 1 nitrogen and oxygen atoms in total. The molecule has 0 fully saturated rings. The lowest BCUT2D eigenvalue weighted by atomic mass is 9.79. The van der Waals surface area contributed by atoms with Crippen molar-refractivity contribution in [2.45, 2.75) is 32.3 Å². The maximum absolute atomic E-state index is 10.8. The molecule has 106 valence electrons. The van der Waals surface area contributed by atoms with E-state index in [1.807, 2.05) is 42.5 Å². The van der Waals surface area contributed by atoms with E-state index >= 15 is 0 Å². The molecular weight excluding hydrogens is 268 g/mol. The van der Waals surface area contributed by atoms with Gasteiger partial charge < -0.3 is 5.11 Å². The Hall–Kier alpha value is -1.31. The fourth-order valence-corrected chi connectivity index (χ4v) is 2.74. The highest BCUT2D eigenvalue weighted by Gasteiger charge is 2.27. The van der Waals surface area contributed by atoms with Gasteiger partial charge in [0.25, 0.3) is 0 Å². The smallest absolute Gasteiger partial charge is 0.0861 e. The Bertz CT molecular complexity index is 521. The molecule has 0 radical (unpaired) electrons. The van der Waals surface area contributed by atoms with Crippen LogP contribution >= 0.6 is 11.6 Å². The normalized spacial score (nSPS) is 15.6. The van der Waals surface area contributed by atoms with Gasteiger partial charge in [-0.2, -0.15) is 0 Å². The number of halogens is 1. The molecule has 0 amide bonds. The molecule has 0 aliphatic carbocycles. The summed E-state index contributed by atoms with van der Waals surface area (Å²) in [4.78, 5) is 0. The van der Waals surface area contributed by atoms with Crippen molar-refractivity contribution in [2.75, 3.05) is 0 Å². The summed E-state index contributed by atoms with van der Waals surface area (Å²) in [5.41, 5.74) is 2.10. The van der Waals surface area contributed by atoms with Gasteiger partial charge in [0.05, 0.1) is 6.10 Å². The largest absolute Gasteiger partial charge is 0.388 e. The third-order valence-corrected chi connectivity index (χ3v) is 4.25. The molecule has 3 unspecified atom stereocenters. The summed E-state index contributed by atoms with van der Waals surface area (Å²) < 4.78 is 0. The van der Waals surface area contributed by atoms with Crippen LogP contribution in [-0.2, 0) is 0 Å².